The molecule has 0 unspecified atom stereocenters. The first-order valence-electron chi connectivity index (χ1n) is 11.2. The van der Waals surface area contributed by atoms with E-state index in [0.29, 0.717) is 0 Å². The lowest BCUT2D eigenvalue weighted by atomic mass is 9.97. The summed E-state index contributed by atoms with van der Waals surface area (Å²) >= 11 is 3.78. The zero-order chi connectivity index (χ0) is 23.4. The van der Waals surface area contributed by atoms with E-state index in [9.17, 15) is 4.79 Å². The molecule has 168 valence electrons. The van der Waals surface area contributed by atoms with E-state index < -0.39 is 0 Å². The van der Waals surface area contributed by atoms with Gasteiger partial charge in [-0.25, -0.2) is 0 Å². The predicted molar refractivity (Wildman–Crippen MR) is 142 cm³/mol. The third-order valence-corrected chi connectivity index (χ3v) is 7.83. The average molecular weight is 473 g/mol. The number of nitrogens with zero attached hydrogens (tertiary/aromatic N) is 2. The number of allylic oxidation sites excluding steroid dienone is 2. The van der Waals surface area contributed by atoms with Crippen LogP contribution in [0.5, 0.6) is 0 Å². The van der Waals surface area contributed by atoms with Crippen molar-refractivity contribution in [1.29, 1.82) is 0 Å². The summed E-state index contributed by atoms with van der Waals surface area (Å²) in [6.07, 6.45) is 11.1. The van der Waals surface area contributed by atoms with Crippen LogP contribution in [0.1, 0.15) is 54.0 Å². The fourth-order valence-corrected chi connectivity index (χ4v) is 6.32. The first-order chi connectivity index (χ1) is 15.9. The Balaban J connectivity index is 0.000000601. The summed E-state index contributed by atoms with van der Waals surface area (Å²) in [5, 5.41) is 0. The van der Waals surface area contributed by atoms with E-state index in [-0.39, 0.29) is 5.78 Å². The molecule has 0 spiro atoms. The Hall–Kier alpha value is -2.89. The van der Waals surface area contributed by atoms with E-state index in [2.05, 4.69) is 60.2 Å². The van der Waals surface area contributed by atoms with Crippen molar-refractivity contribution in [3.63, 3.8) is 0 Å². The molecular formula is C28H28N2OS2. The normalized spacial score (nSPS) is 13.1. The summed E-state index contributed by atoms with van der Waals surface area (Å²) in [7, 11) is 0. The summed E-state index contributed by atoms with van der Waals surface area (Å²) in [6.45, 7) is 7.58. The standard InChI is InChI=1S/C25H22N2S2.C3H6O/c1-16-22(14-24(28-16)18-6-10-26-11-7-18)20-4-3-5-21(20)23-15-25(29-17(23)2)19-8-12-27-13-9-19;1-3(2)4/h6-15H,3-5H2,1-2H3;1-2H3. The van der Waals surface area contributed by atoms with Gasteiger partial charge in [0.15, 0.2) is 0 Å². The zero-order valence-electron chi connectivity index (χ0n) is 19.5. The van der Waals surface area contributed by atoms with Crippen molar-refractivity contribution < 1.29 is 4.79 Å². The van der Waals surface area contributed by atoms with Gasteiger partial charge in [-0.05, 0) is 117 Å². The lowest BCUT2D eigenvalue weighted by molar-refractivity contribution is -0.114. The highest BCUT2D eigenvalue weighted by Gasteiger charge is 2.23. The molecule has 3 nitrogen and oxygen atoms in total. The van der Waals surface area contributed by atoms with Crippen LogP contribution < -0.4 is 0 Å². The monoisotopic (exact) mass is 472 g/mol. The van der Waals surface area contributed by atoms with Gasteiger partial charge in [-0.2, -0.15) is 0 Å². The number of thiophene rings is 2. The van der Waals surface area contributed by atoms with Crippen LogP contribution in [0.3, 0.4) is 0 Å². The van der Waals surface area contributed by atoms with Crippen LogP contribution in [-0.4, -0.2) is 15.8 Å². The minimum atomic E-state index is 0.167. The van der Waals surface area contributed by atoms with Gasteiger partial charge < -0.3 is 4.79 Å². The maximum Gasteiger partial charge on any atom is 0.126 e. The Labute approximate surface area is 203 Å². The van der Waals surface area contributed by atoms with Crippen molar-refractivity contribution >= 4 is 39.6 Å². The van der Waals surface area contributed by atoms with Gasteiger partial charge in [0.2, 0.25) is 0 Å². The third kappa shape index (κ3) is 5.37. The molecule has 0 N–H and O–H groups in total. The Kier molecular flexibility index (Phi) is 7.31. The lowest BCUT2D eigenvalue weighted by Gasteiger charge is -2.07. The quantitative estimate of drug-likeness (QED) is 0.300. The highest BCUT2D eigenvalue weighted by atomic mass is 32.1. The van der Waals surface area contributed by atoms with Crippen LogP contribution >= 0.6 is 22.7 Å². The van der Waals surface area contributed by atoms with Gasteiger partial charge in [0.1, 0.15) is 5.78 Å². The molecule has 0 aromatic carbocycles. The third-order valence-electron chi connectivity index (χ3n) is 5.63. The van der Waals surface area contributed by atoms with Gasteiger partial charge >= 0.3 is 0 Å². The summed E-state index contributed by atoms with van der Waals surface area (Å²) in [6, 6.07) is 13.2. The Morgan fingerprint density at radius 3 is 1.45 bits per heavy atom. The van der Waals surface area contributed by atoms with Crippen LogP contribution in [0.25, 0.3) is 32.0 Å². The fourth-order valence-electron chi connectivity index (χ4n) is 4.22. The molecule has 5 rings (SSSR count). The number of aromatic nitrogens is 2. The number of carbonyl (C=O) groups excluding carboxylic acids is 1. The van der Waals surface area contributed by atoms with Crippen LogP contribution in [-0.2, 0) is 4.79 Å². The minimum absolute atomic E-state index is 0.167. The first kappa shape index (κ1) is 23.3. The second-order valence-corrected chi connectivity index (χ2v) is 10.9. The number of pyridine rings is 2. The number of ketones is 1. The van der Waals surface area contributed by atoms with Crippen molar-refractivity contribution in [2.75, 3.05) is 0 Å². The molecule has 0 radical (unpaired) electrons. The zero-order valence-corrected chi connectivity index (χ0v) is 21.1. The molecule has 0 atom stereocenters. The fraction of sp³-hybridized carbons (Fsp3) is 0.250. The van der Waals surface area contributed by atoms with Gasteiger partial charge in [-0.3, -0.25) is 9.97 Å². The highest BCUT2D eigenvalue weighted by Crippen LogP contribution is 2.47. The Morgan fingerprint density at radius 2 is 1.09 bits per heavy atom. The summed E-state index contributed by atoms with van der Waals surface area (Å²) in [4.78, 5) is 23.2. The molecule has 0 bridgehead atoms. The van der Waals surface area contributed by atoms with Crippen molar-refractivity contribution in [1.82, 2.24) is 9.97 Å². The van der Waals surface area contributed by atoms with Crippen molar-refractivity contribution in [3.05, 3.63) is 82.1 Å². The molecule has 4 heterocycles. The van der Waals surface area contributed by atoms with Crippen molar-refractivity contribution in [2.45, 2.75) is 47.0 Å². The molecule has 33 heavy (non-hydrogen) atoms. The van der Waals surface area contributed by atoms with Crippen LogP contribution in [0.4, 0.5) is 0 Å². The minimum Gasteiger partial charge on any atom is -0.300 e. The number of aryl methyl sites for hydroxylation is 2. The Bertz CT molecular complexity index is 1190. The van der Waals surface area contributed by atoms with E-state index in [1.807, 2.05) is 47.5 Å². The smallest absolute Gasteiger partial charge is 0.126 e. The number of hydrogen-bond donors (Lipinski definition) is 0. The molecule has 0 fully saturated rings. The molecule has 1 aliphatic rings. The van der Waals surface area contributed by atoms with E-state index >= 15 is 0 Å². The largest absolute Gasteiger partial charge is 0.300 e. The number of Topliss-reactive ketones (excluding diaryl/α,β-unsaturated/α-hetero) is 1. The van der Waals surface area contributed by atoms with Crippen molar-refractivity contribution in [2.24, 2.45) is 0 Å². The van der Waals surface area contributed by atoms with E-state index in [0.717, 1.165) is 0 Å². The number of rotatable bonds is 4. The number of hydrogen-bond acceptors (Lipinski definition) is 5. The maximum absolute atomic E-state index is 9.44. The summed E-state index contributed by atoms with van der Waals surface area (Å²) in [5.74, 6) is 0.167. The molecule has 4 aromatic heterocycles. The second kappa shape index (κ2) is 10.4. The molecule has 0 saturated carbocycles. The summed E-state index contributed by atoms with van der Waals surface area (Å²) in [5.41, 5.74) is 8.47. The first-order valence-corrected chi connectivity index (χ1v) is 12.8. The molecule has 4 aromatic rings. The van der Waals surface area contributed by atoms with Gasteiger partial charge in [-0.1, -0.05) is 0 Å². The second-order valence-electron chi connectivity index (χ2n) is 8.35. The van der Waals surface area contributed by atoms with Gasteiger partial charge in [0.05, 0.1) is 0 Å². The molecule has 1 aliphatic carbocycles. The van der Waals surface area contributed by atoms with E-state index in [1.165, 1.54) is 74.9 Å². The molecule has 0 amide bonds. The van der Waals surface area contributed by atoms with Crippen LogP contribution in [0.15, 0.2) is 61.2 Å². The molecule has 0 aliphatic heterocycles. The lowest BCUT2D eigenvalue weighted by Crippen LogP contribution is -1.86. The number of carbonyl (C=O) groups is 1. The van der Waals surface area contributed by atoms with Crippen molar-refractivity contribution in [3.8, 4) is 20.9 Å². The maximum atomic E-state index is 9.44. The SMILES string of the molecule is CC(C)=O.Cc1sc(-c2ccncc2)cc1C1=C(c2cc(-c3ccncc3)sc2C)CCC1. The van der Waals surface area contributed by atoms with E-state index in [1.54, 1.807) is 11.1 Å². The predicted octanol–water partition coefficient (Wildman–Crippen LogP) is 8.24. The van der Waals surface area contributed by atoms with Gasteiger partial charge in [-0.15, -0.1) is 22.7 Å². The van der Waals surface area contributed by atoms with Crippen LogP contribution in [0.2, 0.25) is 0 Å². The molecule has 0 saturated heterocycles. The van der Waals surface area contributed by atoms with Gasteiger partial charge in [0.25, 0.3) is 0 Å². The summed E-state index contributed by atoms with van der Waals surface area (Å²) < 4.78 is 0. The molecular weight excluding hydrogens is 444 g/mol. The average Bonchev–Trinajstić information content (AvgIpc) is 3.52. The molecule has 5 heteroatoms. The Morgan fingerprint density at radius 1 is 0.727 bits per heavy atom. The highest BCUT2D eigenvalue weighted by molar-refractivity contribution is 7.16. The van der Waals surface area contributed by atoms with Crippen LogP contribution in [0, 0.1) is 13.8 Å². The topological polar surface area (TPSA) is 42.9 Å². The van der Waals surface area contributed by atoms with Gasteiger partial charge in [0, 0.05) is 44.3 Å². The van der Waals surface area contributed by atoms with E-state index in [4.69, 9.17) is 0 Å².